The van der Waals surface area contributed by atoms with Crippen molar-refractivity contribution in [3.05, 3.63) is 66.2 Å². The molecule has 0 amide bonds. The Bertz CT molecular complexity index is 1090. The average Bonchev–Trinajstić information content (AvgIpc) is 2.68. The molecule has 0 aliphatic carbocycles. The number of ether oxygens (including phenoxy) is 2. The number of methoxy groups -OCH3 is 1. The van der Waals surface area contributed by atoms with Crippen molar-refractivity contribution in [2.24, 2.45) is 0 Å². The minimum atomic E-state index is -3.74. The van der Waals surface area contributed by atoms with Crippen LogP contribution in [0.3, 0.4) is 0 Å². The highest BCUT2D eigenvalue weighted by molar-refractivity contribution is 7.89. The Morgan fingerprint density at radius 3 is 2.36 bits per heavy atom. The van der Waals surface area contributed by atoms with Gasteiger partial charge in [0.1, 0.15) is 0 Å². The lowest BCUT2D eigenvalue weighted by Gasteiger charge is -2.19. The fraction of sp³-hybridized carbons (Fsp3) is 0.200. The van der Waals surface area contributed by atoms with Crippen LogP contribution >= 0.6 is 0 Å². The van der Waals surface area contributed by atoms with Crippen molar-refractivity contribution in [2.75, 3.05) is 14.2 Å². The van der Waals surface area contributed by atoms with Gasteiger partial charge >= 0.3 is 6.61 Å². The number of hydrogen-bond acceptors (Lipinski definition) is 4. The minimum Gasteiger partial charge on any atom is -0.493 e. The fourth-order valence-electron chi connectivity index (χ4n) is 2.85. The average molecular weight is 407 g/mol. The second-order valence-electron chi connectivity index (χ2n) is 6.13. The minimum absolute atomic E-state index is 0.0421. The van der Waals surface area contributed by atoms with Gasteiger partial charge in [0.05, 0.1) is 12.0 Å². The van der Waals surface area contributed by atoms with Crippen molar-refractivity contribution < 1.29 is 26.7 Å². The van der Waals surface area contributed by atoms with Crippen molar-refractivity contribution >= 4 is 20.8 Å². The van der Waals surface area contributed by atoms with Crippen molar-refractivity contribution in [1.29, 1.82) is 0 Å². The lowest BCUT2D eigenvalue weighted by molar-refractivity contribution is -0.0512. The van der Waals surface area contributed by atoms with Crippen LogP contribution in [-0.2, 0) is 16.6 Å². The normalized spacial score (nSPS) is 11.9. The molecule has 3 aromatic carbocycles. The zero-order chi connectivity index (χ0) is 20.3. The van der Waals surface area contributed by atoms with E-state index in [9.17, 15) is 17.2 Å². The largest absolute Gasteiger partial charge is 0.493 e. The second kappa shape index (κ2) is 8.12. The van der Waals surface area contributed by atoms with Crippen LogP contribution in [0.15, 0.2) is 65.6 Å². The lowest BCUT2D eigenvalue weighted by Crippen LogP contribution is -2.26. The molecule has 0 saturated heterocycles. The molecule has 0 N–H and O–H groups in total. The van der Waals surface area contributed by atoms with E-state index in [0.717, 1.165) is 10.8 Å². The Morgan fingerprint density at radius 1 is 0.964 bits per heavy atom. The van der Waals surface area contributed by atoms with Gasteiger partial charge in [-0.05, 0) is 40.6 Å². The third-order valence-electron chi connectivity index (χ3n) is 4.28. The van der Waals surface area contributed by atoms with E-state index < -0.39 is 16.6 Å². The van der Waals surface area contributed by atoms with Gasteiger partial charge in [-0.1, -0.05) is 36.4 Å². The predicted molar refractivity (Wildman–Crippen MR) is 102 cm³/mol. The number of hydrogen-bond donors (Lipinski definition) is 0. The van der Waals surface area contributed by atoms with Gasteiger partial charge in [0.2, 0.25) is 10.0 Å². The number of sulfonamides is 1. The molecular weight excluding hydrogens is 388 g/mol. The summed E-state index contributed by atoms with van der Waals surface area (Å²) in [7, 11) is -0.951. The molecule has 0 aromatic heterocycles. The summed E-state index contributed by atoms with van der Waals surface area (Å²) in [4.78, 5) is 0.179. The first-order chi connectivity index (χ1) is 13.3. The molecule has 5 nitrogen and oxygen atoms in total. The van der Waals surface area contributed by atoms with Crippen LogP contribution in [0.25, 0.3) is 10.8 Å². The van der Waals surface area contributed by atoms with E-state index in [-0.39, 0.29) is 22.9 Å². The summed E-state index contributed by atoms with van der Waals surface area (Å²) < 4.78 is 61.3. The third kappa shape index (κ3) is 4.23. The number of rotatable bonds is 7. The predicted octanol–water partition coefficient (Wildman–Crippen LogP) is 4.27. The van der Waals surface area contributed by atoms with Crippen LogP contribution in [0.4, 0.5) is 8.78 Å². The van der Waals surface area contributed by atoms with E-state index in [4.69, 9.17) is 4.74 Å². The van der Waals surface area contributed by atoms with Crippen LogP contribution in [0.1, 0.15) is 5.56 Å². The molecule has 0 spiro atoms. The molecule has 0 radical (unpaired) electrons. The molecule has 3 aromatic rings. The van der Waals surface area contributed by atoms with E-state index in [1.165, 1.54) is 36.7 Å². The van der Waals surface area contributed by atoms with E-state index in [0.29, 0.717) is 5.56 Å². The standard InChI is InChI=1S/C20H19F2NO4S/c1-23(13-14-7-10-18(27-20(21)22)19(11-14)26-2)28(24,25)17-9-8-15-5-3-4-6-16(15)12-17/h3-12,20H,13H2,1-2H3. The van der Waals surface area contributed by atoms with Crippen molar-refractivity contribution in [2.45, 2.75) is 18.1 Å². The summed E-state index contributed by atoms with van der Waals surface area (Å²) >= 11 is 0. The van der Waals surface area contributed by atoms with E-state index >= 15 is 0 Å². The summed E-state index contributed by atoms with van der Waals surface area (Å²) in [6, 6.07) is 16.8. The first-order valence-electron chi connectivity index (χ1n) is 8.38. The Kier molecular flexibility index (Phi) is 5.81. The lowest BCUT2D eigenvalue weighted by atomic mass is 10.1. The molecular formula is C20H19F2NO4S. The van der Waals surface area contributed by atoms with E-state index in [1.54, 1.807) is 18.2 Å². The molecule has 3 rings (SSSR count). The Labute approximate surface area is 162 Å². The van der Waals surface area contributed by atoms with Gasteiger partial charge < -0.3 is 9.47 Å². The topological polar surface area (TPSA) is 55.8 Å². The first-order valence-corrected chi connectivity index (χ1v) is 9.82. The van der Waals surface area contributed by atoms with Gasteiger partial charge in [-0.2, -0.15) is 13.1 Å². The highest BCUT2D eigenvalue weighted by Crippen LogP contribution is 2.30. The highest BCUT2D eigenvalue weighted by atomic mass is 32.2. The summed E-state index contributed by atoms with van der Waals surface area (Å²) in [6.45, 7) is -2.93. The van der Waals surface area contributed by atoms with Crippen molar-refractivity contribution in [3.63, 3.8) is 0 Å². The molecule has 0 fully saturated rings. The molecule has 0 atom stereocenters. The van der Waals surface area contributed by atoms with Crippen LogP contribution in [0.2, 0.25) is 0 Å². The Hall–Kier alpha value is -2.71. The quantitative estimate of drug-likeness (QED) is 0.587. The molecule has 0 unspecified atom stereocenters. The van der Waals surface area contributed by atoms with Gasteiger partial charge in [-0.3, -0.25) is 0 Å². The zero-order valence-electron chi connectivity index (χ0n) is 15.3. The van der Waals surface area contributed by atoms with Gasteiger partial charge in [0, 0.05) is 13.6 Å². The van der Waals surface area contributed by atoms with Crippen LogP contribution < -0.4 is 9.47 Å². The van der Waals surface area contributed by atoms with Crippen molar-refractivity contribution in [3.8, 4) is 11.5 Å². The molecule has 0 aliphatic rings. The molecule has 0 saturated carbocycles. The zero-order valence-corrected chi connectivity index (χ0v) is 16.1. The fourth-order valence-corrected chi connectivity index (χ4v) is 4.05. The Balaban J connectivity index is 1.85. The molecule has 28 heavy (non-hydrogen) atoms. The van der Waals surface area contributed by atoms with Crippen LogP contribution in [0.5, 0.6) is 11.5 Å². The monoisotopic (exact) mass is 407 g/mol. The number of nitrogens with zero attached hydrogens (tertiary/aromatic N) is 1. The van der Waals surface area contributed by atoms with Crippen LogP contribution in [-0.4, -0.2) is 33.5 Å². The van der Waals surface area contributed by atoms with Gasteiger partial charge in [0.25, 0.3) is 0 Å². The molecule has 8 heteroatoms. The molecule has 148 valence electrons. The molecule has 0 heterocycles. The third-order valence-corrected chi connectivity index (χ3v) is 6.08. The van der Waals surface area contributed by atoms with Crippen LogP contribution in [0, 0.1) is 0 Å². The summed E-state index contributed by atoms with van der Waals surface area (Å²) in [5.41, 5.74) is 0.574. The number of alkyl halides is 2. The van der Waals surface area contributed by atoms with Gasteiger partial charge in [0.15, 0.2) is 11.5 Å². The SMILES string of the molecule is COc1cc(CN(C)S(=O)(=O)c2ccc3ccccc3c2)ccc1OC(F)F. The maximum Gasteiger partial charge on any atom is 0.387 e. The summed E-state index contributed by atoms with van der Waals surface area (Å²) in [5, 5.41) is 1.77. The molecule has 0 bridgehead atoms. The number of fused-ring (bicyclic) bond motifs is 1. The smallest absolute Gasteiger partial charge is 0.387 e. The highest BCUT2D eigenvalue weighted by Gasteiger charge is 2.22. The first kappa shape index (κ1) is 20.0. The second-order valence-corrected chi connectivity index (χ2v) is 8.18. The Morgan fingerprint density at radius 2 is 1.68 bits per heavy atom. The van der Waals surface area contributed by atoms with Gasteiger partial charge in [-0.25, -0.2) is 8.42 Å². The number of benzene rings is 3. The molecule has 0 aliphatic heterocycles. The summed E-state index contributed by atoms with van der Waals surface area (Å²) in [5.74, 6) is -0.00408. The van der Waals surface area contributed by atoms with Crippen molar-refractivity contribution in [1.82, 2.24) is 4.31 Å². The van der Waals surface area contributed by atoms with E-state index in [2.05, 4.69) is 4.74 Å². The summed E-state index contributed by atoms with van der Waals surface area (Å²) in [6.07, 6.45) is 0. The van der Waals surface area contributed by atoms with E-state index in [1.807, 2.05) is 24.3 Å². The maximum absolute atomic E-state index is 12.9. The maximum atomic E-state index is 12.9. The number of halogens is 2. The van der Waals surface area contributed by atoms with Gasteiger partial charge in [-0.15, -0.1) is 0 Å².